The predicted octanol–water partition coefficient (Wildman–Crippen LogP) is 2.96. The molecule has 1 fully saturated rings. The van der Waals surface area contributed by atoms with E-state index in [0.717, 1.165) is 85.1 Å². The van der Waals surface area contributed by atoms with E-state index in [1.807, 2.05) is 19.5 Å². The molecule has 2 N–H and O–H groups in total. The van der Waals surface area contributed by atoms with Gasteiger partial charge in [0.05, 0.1) is 23.5 Å². The van der Waals surface area contributed by atoms with E-state index in [0.29, 0.717) is 12.0 Å². The second-order valence-corrected chi connectivity index (χ2v) is 8.64. The Kier molecular flexibility index (Phi) is 5.36. The first kappa shape index (κ1) is 20.0. The van der Waals surface area contributed by atoms with Crippen molar-refractivity contribution in [2.24, 2.45) is 10.7 Å². The summed E-state index contributed by atoms with van der Waals surface area (Å²) in [6, 6.07) is 4.22. The Morgan fingerprint density at radius 2 is 2.10 bits per heavy atom. The molecule has 162 valence electrons. The maximum Gasteiger partial charge on any atom is 0.251 e. The molecule has 0 spiro atoms. The number of rotatable bonds is 6. The molecule has 4 heterocycles. The minimum Gasteiger partial charge on any atom is -0.477 e. The second-order valence-electron chi connectivity index (χ2n) is 8.64. The van der Waals surface area contributed by atoms with Crippen LogP contribution in [0.2, 0.25) is 0 Å². The number of amides is 1. The van der Waals surface area contributed by atoms with E-state index in [-0.39, 0.29) is 0 Å². The SMILES string of the molecule is CN(CCN1CCCC1)c1cc(-c2cnc3c(c2)CCCO3)c2c(c1C(N)=O)CC=N2. The smallest absolute Gasteiger partial charge is 0.251 e. The van der Waals surface area contributed by atoms with Crippen molar-refractivity contribution >= 4 is 23.5 Å². The third-order valence-corrected chi connectivity index (χ3v) is 6.57. The number of fused-ring (bicyclic) bond motifs is 2. The number of carbonyl (C=O) groups excluding carboxylic acids is 1. The van der Waals surface area contributed by atoms with Gasteiger partial charge >= 0.3 is 0 Å². The fourth-order valence-corrected chi connectivity index (χ4v) is 4.89. The molecule has 31 heavy (non-hydrogen) atoms. The van der Waals surface area contributed by atoms with Crippen LogP contribution in [0.1, 0.15) is 40.7 Å². The minimum absolute atomic E-state index is 0.395. The summed E-state index contributed by atoms with van der Waals surface area (Å²) in [7, 11) is 2.04. The standard InChI is InChI=1S/C24H29N5O2/c1-28(10-11-29-8-2-3-9-29)20-14-19(22-18(6-7-26-22)21(20)23(25)30)17-13-16-5-4-12-31-24(16)27-15-17/h7,13-15H,2-6,8-12H2,1H3,(H2,25,30). The lowest BCUT2D eigenvalue weighted by molar-refractivity contribution is 0.1000. The van der Waals surface area contributed by atoms with E-state index < -0.39 is 5.91 Å². The lowest BCUT2D eigenvalue weighted by atomic mass is 9.93. The molecular formula is C24H29N5O2. The van der Waals surface area contributed by atoms with Gasteiger partial charge in [-0.2, -0.15) is 0 Å². The molecule has 7 nitrogen and oxygen atoms in total. The van der Waals surface area contributed by atoms with Crippen LogP contribution >= 0.6 is 0 Å². The lowest BCUT2D eigenvalue weighted by Gasteiger charge is -2.27. The molecule has 2 aromatic rings. The molecule has 0 unspecified atom stereocenters. The topological polar surface area (TPSA) is 84.0 Å². The van der Waals surface area contributed by atoms with Crippen LogP contribution in [0.15, 0.2) is 23.3 Å². The van der Waals surface area contributed by atoms with Crippen LogP contribution in [0.25, 0.3) is 11.1 Å². The van der Waals surface area contributed by atoms with E-state index in [9.17, 15) is 4.79 Å². The molecular weight excluding hydrogens is 390 g/mol. The van der Waals surface area contributed by atoms with E-state index in [1.165, 1.54) is 12.8 Å². The van der Waals surface area contributed by atoms with Crippen molar-refractivity contribution < 1.29 is 9.53 Å². The number of aromatic nitrogens is 1. The van der Waals surface area contributed by atoms with Gasteiger partial charge in [0, 0.05) is 55.7 Å². The number of carbonyl (C=O) groups is 1. The number of likely N-dealkylation sites (tertiary alicyclic amines) is 1. The molecule has 3 aliphatic rings. The lowest BCUT2D eigenvalue weighted by Crippen LogP contribution is -2.32. The molecule has 5 rings (SSSR count). The fourth-order valence-electron chi connectivity index (χ4n) is 4.89. The van der Waals surface area contributed by atoms with Gasteiger partial charge in [0.25, 0.3) is 5.91 Å². The number of nitrogens with two attached hydrogens (primary N) is 1. The van der Waals surface area contributed by atoms with Crippen molar-refractivity contribution in [3.63, 3.8) is 0 Å². The zero-order chi connectivity index (χ0) is 21.4. The summed E-state index contributed by atoms with van der Waals surface area (Å²) in [4.78, 5) is 26.3. The molecule has 0 saturated carbocycles. The summed E-state index contributed by atoms with van der Waals surface area (Å²) in [5, 5.41) is 0. The number of hydrogen-bond donors (Lipinski definition) is 1. The number of aliphatic imine (C=N–C) groups is 1. The maximum atomic E-state index is 12.5. The van der Waals surface area contributed by atoms with E-state index in [4.69, 9.17) is 10.5 Å². The highest BCUT2D eigenvalue weighted by Crippen LogP contribution is 2.43. The van der Waals surface area contributed by atoms with Crippen molar-refractivity contribution in [2.45, 2.75) is 32.1 Å². The summed E-state index contributed by atoms with van der Waals surface area (Å²) in [6.07, 6.45) is 8.84. The van der Waals surface area contributed by atoms with Gasteiger partial charge in [0.2, 0.25) is 5.88 Å². The predicted molar refractivity (Wildman–Crippen MR) is 123 cm³/mol. The number of hydrogen-bond acceptors (Lipinski definition) is 6. The fraction of sp³-hybridized carbons (Fsp3) is 0.458. The van der Waals surface area contributed by atoms with E-state index >= 15 is 0 Å². The first-order valence-corrected chi connectivity index (χ1v) is 11.2. The Morgan fingerprint density at radius 3 is 2.90 bits per heavy atom. The average Bonchev–Trinajstić information content (AvgIpc) is 3.48. The first-order chi connectivity index (χ1) is 15.1. The second kappa shape index (κ2) is 8.30. The van der Waals surface area contributed by atoms with Crippen LogP contribution in [-0.4, -0.2) is 61.8 Å². The number of likely N-dealkylation sites (N-methyl/N-ethyl adjacent to an activating group) is 1. The normalized spacial score (nSPS) is 17.3. The van der Waals surface area contributed by atoms with Crippen molar-refractivity contribution in [3.05, 3.63) is 35.0 Å². The molecule has 0 aliphatic carbocycles. The highest BCUT2D eigenvalue weighted by atomic mass is 16.5. The van der Waals surface area contributed by atoms with Crippen molar-refractivity contribution in [1.82, 2.24) is 9.88 Å². The minimum atomic E-state index is -0.395. The number of pyridine rings is 1. The largest absolute Gasteiger partial charge is 0.477 e. The summed E-state index contributed by atoms with van der Waals surface area (Å²) in [5.74, 6) is 0.333. The zero-order valence-electron chi connectivity index (χ0n) is 18.1. The van der Waals surface area contributed by atoms with E-state index in [2.05, 4.69) is 31.9 Å². The average molecular weight is 420 g/mol. The van der Waals surface area contributed by atoms with Crippen molar-refractivity contribution in [1.29, 1.82) is 0 Å². The third kappa shape index (κ3) is 3.78. The molecule has 3 aliphatic heterocycles. The molecule has 1 aromatic carbocycles. The molecule has 1 amide bonds. The highest BCUT2D eigenvalue weighted by molar-refractivity contribution is 6.06. The summed E-state index contributed by atoms with van der Waals surface area (Å²) < 4.78 is 5.69. The Bertz CT molecular complexity index is 1040. The molecule has 0 bridgehead atoms. The van der Waals surface area contributed by atoms with Crippen molar-refractivity contribution in [3.8, 4) is 17.0 Å². The Hall–Kier alpha value is -2.93. The molecule has 0 radical (unpaired) electrons. The maximum absolute atomic E-state index is 12.5. The number of aryl methyl sites for hydroxylation is 1. The van der Waals surface area contributed by atoms with Crippen LogP contribution < -0.4 is 15.4 Å². The van der Waals surface area contributed by atoms with Gasteiger partial charge in [-0.15, -0.1) is 0 Å². The number of nitrogens with zero attached hydrogens (tertiary/aromatic N) is 4. The molecule has 0 atom stereocenters. The summed E-state index contributed by atoms with van der Waals surface area (Å²) in [5.41, 5.74) is 12.2. The zero-order valence-corrected chi connectivity index (χ0v) is 18.1. The van der Waals surface area contributed by atoms with Crippen LogP contribution in [0.3, 0.4) is 0 Å². The van der Waals surface area contributed by atoms with Crippen LogP contribution in [-0.2, 0) is 12.8 Å². The van der Waals surface area contributed by atoms with Gasteiger partial charge < -0.3 is 20.3 Å². The Morgan fingerprint density at radius 1 is 1.26 bits per heavy atom. The van der Waals surface area contributed by atoms with Gasteiger partial charge in [-0.1, -0.05) is 0 Å². The van der Waals surface area contributed by atoms with Gasteiger partial charge in [-0.3, -0.25) is 9.79 Å². The summed E-state index contributed by atoms with van der Waals surface area (Å²) in [6.45, 7) is 4.86. The van der Waals surface area contributed by atoms with Crippen LogP contribution in [0, 0.1) is 0 Å². The number of ether oxygens (including phenoxy) is 1. The molecule has 1 aromatic heterocycles. The van der Waals surface area contributed by atoms with Gasteiger partial charge in [0.1, 0.15) is 0 Å². The third-order valence-electron chi connectivity index (χ3n) is 6.57. The number of benzene rings is 1. The first-order valence-electron chi connectivity index (χ1n) is 11.2. The van der Waals surface area contributed by atoms with Gasteiger partial charge in [-0.25, -0.2) is 4.98 Å². The van der Waals surface area contributed by atoms with Crippen LogP contribution in [0.5, 0.6) is 5.88 Å². The number of primary amides is 1. The Labute approximate surface area is 182 Å². The molecule has 7 heteroatoms. The van der Waals surface area contributed by atoms with E-state index in [1.54, 1.807) is 0 Å². The number of anilines is 1. The monoisotopic (exact) mass is 419 g/mol. The summed E-state index contributed by atoms with van der Waals surface area (Å²) >= 11 is 0. The Balaban J connectivity index is 1.55. The van der Waals surface area contributed by atoms with Gasteiger partial charge in [0.15, 0.2) is 0 Å². The quantitative estimate of drug-likeness (QED) is 0.778. The van der Waals surface area contributed by atoms with Crippen molar-refractivity contribution in [2.75, 3.05) is 44.7 Å². The van der Waals surface area contributed by atoms with Gasteiger partial charge in [-0.05, 0) is 56.5 Å². The van der Waals surface area contributed by atoms with Crippen LogP contribution in [0.4, 0.5) is 11.4 Å². The highest BCUT2D eigenvalue weighted by Gasteiger charge is 2.26. The molecule has 1 saturated heterocycles.